The van der Waals surface area contributed by atoms with Crippen molar-refractivity contribution in [3.8, 4) is 15.7 Å². The zero-order chi connectivity index (χ0) is 17.4. The van der Waals surface area contributed by atoms with Crippen molar-refractivity contribution in [2.75, 3.05) is 0 Å². The van der Waals surface area contributed by atoms with Gasteiger partial charge in [0.05, 0.1) is 22.0 Å². The second-order valence-corrected chi connectivity index (χ2v) is 7.33. The Morgan fingerprint density at radius 2 is 2.12 bits per heavy atom. The van der Waals surface area contributed by atoms with Crippen LogP contribution in [0.4, 0.5) is 0 Å². The lowest BCUT2D eigenvalue weighted by atomic mass is 10.1. The zero-order valence-corrected chi connectivity index (χ0v) is 15.1. The SMILES string of the molecule is CC(=O)CC(=O)c1c(C)[nH]n(-c2nc(-c3sccc3Cl)cs2)c1=O. The van der Waals surface area contributed by atoms with Crippen LogP contribution < -0.4 is 5.56 Å². The third-order valence-corrected chi connectivity index (χ3v) is 5.48. The molecular weight excluding hydrogens is 370 g/mol. The Morgan fingerprint density at radius 3 is 2.75 bits per heavy atom. The summed E-state index contributed by atoms with van der Waals surface area (Å²) in [5.74, 6) is -0.770. The van der Waals surface area contributed by atoms with E-state index >= 15 is 0 Å². The Labute approximate surface area is 149 Å². The van der Waals surface area contributed by atoms with E-state index in [4.69, 9.17) is 11.6 Å². The van der Waals surface area contributed by atoms with Gasteiger partial charge in [-0.2, -0.15) is 4.68 Å². The minimum atomic E-state index is -0.503. The number of H-pyrrole nitrogens is 1. The maximum atomic E-state index is 12.5. The van der Waals surface area contributed by atoms with E-state index in [1.54, 1.807) is 18.4 Å². The van der Waals surface area contributed by atoms with Crippen molar-refractivity contribution in [1.29, 1.82) is 0 Å². The first-order valence-corrected chi connectivity index (χ1v) is 9.05. The van der Waals surface area contributed by atoms with Crippen LogP contribution in [0.5, 0.6) is 0 Å². The molecule has 124 valence electrons. The highest BCUT2D eigenvalue weighted by Crippen LogP contribution is 2.34. The fraction of sp³-hybridized carbons (Fsp3) is 0.200. The van der Waals surface area contributed by atoms with Gasteiger partial charge in [0.25, 0.3) is 5.56 Å². The molecule has 0 amide bonds. The first-order valence-electron chi connectivity index (χ1n) is 6.92. The highest BCUT2D eigenvalue weighted by molar-refractivity contribution is 7.15. The monoisotopic (exact) mass is 381 g/mol. The number of thiophene rings is 1. The molecule has 3 heterocycles. The normalized spacial score (nSPS) is 11.0. The third kappa shape index (κ3) is 3.00. The molecule has 0 atom stereocenters. The number of carbonyl (C=O) groups excluding carboxylic acids is 2. The summed E-state index contributed by atoms with van der Waals surface area (Å²) in [5.41, 5.74) is 0.580. The molecule has 9 heteroatoms. The number of nitrogens with one attached hydrogen (secondary N) is 1. The van der Waals surface area contributed by atoms with E-state index in [-0.39, 0.29) is 17.8 Å². The Hall–Kier alpha value is -2.03. The Morgan fingerprint density at radius 1 is 1.38 bits per heavy atom. The Bertz CT molecular complexity index is 996. The van der Waals surface area contributed by atoms with E-state index in [0.29, 0.717) is 21.5 Å². The quantitative estimate of drug-likeness (QED) is 0.541. The number of hydrogen-bond donors (Lipinski definition) is 1. The van der Waals surface area contributed by atoms with Crippen LogP contribution in [0.25, 0.3) is 15.7 Å². The van der Waals surface area contributed by atoms with Gasteiger partial charge in [-0.25, -0.2) is 4.98 Å². The van der Waals surface area contributed by atoms with Gasteiger partial charge in [-0.15, -0.1) is 22.7 Å². The van der Waals surface area contributed by atoms with Gasteiger partial charge in [0, 0.05) is 11.1 Å². The topological polar surface area (TPSA) is 84.8 Å². The number of aromatic nitrogens is 3. The predicted molar refractivity (Wildman–Crippen MR) is 94.8 cm³/mol. The maximum absolute atomic E-state index is 12.5. The number of halogens is 1. The largest absolute Gasteiger partial charge is 0.300 e. The summed E-state index contributed by atoms with van der Waals surface area (Å²) in [6, 6.07) is 1.78. The second-order valence-electron chi connectivity index (χ2n) is 5.17. The number of thiazole rings is 1. The molecule has 24 heavy (non-hydrogen) atoms. The number of aromatic amines is 1. The molecule has 0 saturated carbocycles. The second kappa shape index (κ2) is 6.46. The van der Waals surface area contributed by atoms with Crippen molar-refractivity contribution >= 4 is 45.8 Å². The molecule has 3 aromatic heterocycles. The molecule has 0 saturated heterocycles. The molecule has 0 aliphatic carbocycles. The molecule has 0 aliphatic rings. The molecule has 0 aromatic carbocycles. The summed E-state index contributed by atoms with van der Waals surface area (Å²) >= 11 is 8.82. The maximum Gasteiger partial charge on any atom is 0.284 e. The number of hydrogen-bond acceptors (Lipinski definition) is 6. The number of aryl methyl sites for hydroxylation is 1. The smallest absolute Gasteiger partial charge is 0.284 e. The molecule has 0 spiro atoms. The van der Waals surface area contributed by atoms with Crippen molar-refractivity contribution in [1.82, 2.24) is 14.8 Å². The summed E-state index contributed by atoms with van der Waals surface area (Å²) in [6.45, 7) is 2.94. The van der Waals surface area contributed by atoms with Crippen LogP contribution in [-0.2, 0) is 4.79 Å². The lowest BCUT2D eigenvalue weighted by molar-refractivity contribution is -0.116. The highest BCUT2D eigenvalue weighted by Gasteiger charge is 2.22. The van der Waals surface area contributed by atoms with E-state index in [1.165, 1.54) is 34.3 Å². The average molecular weight is 382 g/mol. The zero-order valence-electron chi connectivity index (χ0n) is 12.8. The van der Waals surface area contributed by atoms with Crippen LogP contribution in [0.3, 0.4) is 0 Å². The van der Waals surface area contributed by atoms with Gasteiger partial charge in [0.15, 0.2) is 5.78 Å². The van der Waals surface area contributed by atoms with Gasteiger partial charge < -0.3 is 0 Å². The van der Waals surface area contributed by atoms with Crippen LogP contribution in [0.2, 0.25) is 5.02 Å². The van der Waals surface area contributed by atoms with Gasteiger partial charge in [-0.3, -0.25) is 19.5 Å². The molecule has 0 fully saturated rings. The van der Waals surface area contributed by atoms with Gasteiger partial charge in [0.1, 0.15) is 11.3 Å². The first kappa shape index (κ1) is 16.8. The number of ketones is 2. The summed E-state index contributed by atoms with van der Waals surface area (Å²) in [5, 5.41) is 7.51. The third-order valence-electron chi connectivity index (χ3n) is 3.29. The Kier molecular flexibility index (Phi) is 4.53. The molecule has 3 rings (SSSR count). The van der Waals surface area contributed by atoms with E-state index in [0.717, 1.165) is 4.88 Å². The highest BCUT2D eigenvalue weighted by atomic mass is 35.5. The van der Waals surface area contributed by atoms with E-state index in [1.807, 2.05) is 5.38 Å². The molecule has 3 aromatic rings. The van der Waals surface area contributed by atoms with Crippen LogP contribution in [0, 0.1) is 6.92 Å². The molecule has 0 unspecified atom stereocenters. The van der Waals surface area contributed by atoms with Crippen LogP contribution >= 0.6 is 34.3 Å². The minimum Gasteiger partial charge on any atom is -0.300 e. The average Bonchev–Trinajstić information content (AvgIpc) is 3.17. The van der Waals surface area contributed by atoms with Crippen molar-refractivity contribution < 1.29 is 9.59 Å². The van der Waals surface area contributed by atoms with Crippen molar-refractivity contribution in [2.45, 2.75) is 20.3 Å². The van der Waals surface area contributed by atoms with Crippen LogP contribution in [-0.4, -0.2) is 26.3 Å². The summed E-state index contributed by atoms with van der Waals surface area (Å²) < 4.78 is 1.22. The molecule has 0 radical (unpaired) electrons. The molecule has 0 aliphatic heterocycles. The fourth-order valence-corrected chi connectivity index (χ4v) is 4.23. The van der Waals surface area contributed by atoms with Crippen molar-refractivity contribution in [3.63, 3.8) is 0 Å². The Balaban J connectivity index is 2.01. The number of Topliss-reactive ketones (excluding diaryl/α,β-unsaturated/α-hetero) is 2. The first-order chi connectivity index (χ1) is 11.4. The molecule has 0 bridgehead atoms. The number of rotatable bonds is 5. The van der Waals surface area contributed by atoms with E-state index in [9.17, 15) is 14.4 Å². The van der Waals surface area contributed by atoms with Gasteiger partial charge in [-0.05, 0) is 25.3 Å². The standard InChI is InChI=1S/C15H12ClN3O3S2/c1-7(20)5-11(21)12-8(2)18-19(14(12)22)15-17-10(6-24-15)13-9(16)3-4-23-13/h3-4,6,18H,5H2,1-2H3. The lowest BCUT2D eigenvalue weighted by Crippen LogP contribution is -2.21. The van der Waals surface area contributed by atoms with Crippen LogP contribution in [0.1, 0.15) is 29.4 Å². The fourth-order valence-electron chi connectivity index (χ4n) is 2.27. The van der Waals surface area contributed by atoms with Gasteiger partial charge >= 0.3 is 0 Å². The lowest BCUT2D eigenvalue weighted by Gasteiger charge is -1.95. The number of nitrogens with zero attached hydrogens (tertiary/aromatic N) is 2. The van der Waals surface area contributed by atoms with Crippen molar-refractivity contribution in [2.24, 2.45) is 0 Å². The minimum absolute atomic E-state index is 0.00361. The summed E-state index contributed by atoms with van der Waals surface area (Å²) in [4.78, 5) is 41.0. The summed E-state index contributed by atoms with van der Waals surface area (Å²) in [7, 11) is 0. The predicted octanol–water partition coefficient (Wildman–Crippen LogP) is 3.47. The molecule has 1 N–H and O–H groups in total. The van der Waals surface area contributed by atoms with E-state index in [2.05, 4.69) is 10.1 Å². The molecular formula is C15H12ClN3O3S2. The van der Waals surface area contributed by atoms with Gasteiger partial charge in [0.2, 0.25) is 5.13 Å². The molecule has 6 nitrogen and oxygen atoms in total. The van der Waals surface area contributed by atoms with Crippen LogP contribution in [0.15, 0.2) is 21.6 Å². The van der Waals surface area contributed by atoms with E-state index < -0.39 is 11.3 Å². The van der Waals surface area contributed by atoms with Crippen molar-refractivity contribution in [3.05, 3.63) is 43.5 Å². The number of carbonyl (C=O) groups is 2. The van der Waals surface area contributed by atoms with Gasteiger partial charge in [-0.1, -0.05) is 11.6 Å². The summed E-state index contributed by atoms with van der Waals surface area (Å²) in [6.07, 6.45) is -0.290.